The highest BCUT2D eigenvalue weighted by molar-refractivity contribution is 5.64. The number of benzene rings is 2. The van der Waals surface area contributed by atoms with E-state index in [4.69, 9.17) is 4.74 Å². The molecule has 4 heteroatoms. The van der Waals surface area contributed by atoms with Crippen LogP contribution in [0.15, 0.2) is 73.1 Å². The van der Waals surface area contributed by atoms with Gasteiger partial charge in [-0.15, -0.1) is 0 Å². The first kappa shape index (κ1) is 18.1. The number of hydrogen-bond acceptors (Lipinski definition) is 3. The molecule has 0 bridgehead atoms. The first-order valence-electron chi connectivity index (χ1n) is 8.71. The largest absolute Gasteiger partial charge is 0.488 e. The lowest BCUT2D eigenvalue weighted by Crippen LogP contribution is -2.29. The highest BCUT2D eigenvalue weighted by atomic mass is 19.1. The summed E-state index contributed by atoms with van der Waals surface area (Å²) < 4.78 is 19.2. The molecule has 1 aromatic heterocycles. The molecule has 0 fully saturated rings. The molecule has 1 heterocycles. The van der Waals surface area contributed by atoms with Crippen molar-refractivity contribution in [2.75, 3.05) is 0 Å². The number of nitrogens with zero attached hydrogens (tertiary/aromatic N) is 1. The molecule has 1 N–H and O–H groups in total. The van der Waals surface area contributed by atoms with Gasteiger partial charge in [0, 0.05) is 12.4 Å². The van der Waals surface area contributed by atoms with Gasteiger partial charge in [0.2, 0.25) is 0 Å². The van der Waals surface area contributed by atoms with Crippen molar-refractivity contribution in [2.24, 2.45) is 0 Å². The lowest BCUT2D eigenvalue weighted by atomic mass is 10.0. The summed E-state index contributed by atoms with van der Waals surface area (Å²) in [4.78, 5) is 4.08. The maximum Gasteiger partial charge on any atom is 0.123 e. The molecule has 2 unspecified atom stereocenters. The Hall–Kier alpha value is -2.72. The Balaban J connectivity index is 1.56. The molecule has 0 radical (unpaired) electrons. The molecule has 0 aliphatic carbocycles. The maximum absolute atomic E-state index is 13.3. The Bertz CT molecular complexity index is 821. The summed E-state index contributed by atoms with van der Waals surface area (Å²) >= 11 is 0. The van der Waals surface area contributed by atoms with Gasteiger partial charge < -0.3 is 9.84 Å². The van der Waals surface area contributed by atoms with E-state index in [-0.39, 0.29) is 11.9 Å². The van der Waals surface area contributed by atoms with Gasteiger partial charge in [-0.05, 0) is 66.8 Å². The quantitative estimate of drug-likeness (QED) is 0.674. The summed E-state index contributed by atoms with van der Waals surface area (Å²) in [7, 11) is 0. The van der Waals surface area contributed by atoms with Crippen molar-refractivity contribution >= 4 is 0 Å². The third kappa shape index (κ3) is 4.90. The van der Waals surface area contributed by atoms with Crippen molar-refractivity contribution in [2.45, 2.75) is 32.0 Å². The van der Waals surface area contributed by atoms with Crippen molar-refractivity contribution in [1.29, 1.82) is 0 Å². The van der Waals surface area contributed by atoms with Gasteiger partial charge in [-0.25, -0.2) is 4.39 Å². The summed E-state index contributed by atoms with van der Waals surface area (Å²) in [6, 6.07) is 17.8. The van der Waals surface area contributed by atoms with Crippen LogP contribution in [0.25, 0.3) is 11.1 Å². The smallest absolute Gasteiger partial charge is 0.123 e. The second-order valence-corrected chi connectivity index (χ2v) is 6.32. The molecular formula is C22H22FNO2. The van der Waals surface area contributed by atoms with E-state index in [0.717, 1.165) is 23.1 Å². The molecule has 2 atom stereocenters. The zero-order valence-corrected chi connectivity index (χ0v) is 14.7. The average Bonchev–Trinajstić information content (AvgIpc) is 2.67. The van der Waals surface area contributed by atoms with Crippen molar-refractivity contribution in [3.63, 3.8) is 0 Å². The number of aryl methyl sites for hydroxylation is 1. The van der Waals surface area contributed by atoms with Crippen LogP contribution in [0.5, 0.6) is 5.75 Å². The van der Waals surface area contributed by atoms with Crippen LogP contribution in [-0.4, -0.2) is 22.3 Å². The zero-order valence-electron chi connectivity index (χ0n) is 14.7. The molecular weight excluding hydrogens is 329 g/mol. The lowest BCUT2D eigenvalue weighted by molar-refractivity contribution is 0.0420. The average molecular weight is 351 g/mol. The van der Waals surface area contributed by atoms with Crippen LogP contribution in [-0.2, 0) is 6.42 Å². The van der Waals surface area contributed by atoms with E-state index in [2.05, 4.69) is 4.98 Å². The predicted octanol–water partition coefficient (Wildman–Crippen LogP) is 4.65. The second kappa shape index (κ2) is 8.59. The van der Waals surface area contributed by atoms with Crippen molar-refractivity contribution in [3.8, 4) is 16.9 Å². The molecule has 26 heavy (non-hydrogen) atoms. The Morgan fingerprint density at radius 3 is 2.54 bits per heavy atom. The van der Waals surface area contributed by atoms with Crippen LogP contribution in [0, 0.1) is 5.82 Å². The number of aliphatic hydroxyl groups is 1. The number of pyridine rings is 1. The molecule has 0 aliphatic heterocycles. The predicted molar refractivity (Wildman–Crippen MR) is 100 cm³/mol. The number of rotatable bonds is 7. The van der Waals surface area contributed by atoms with Crippen molar-refractivity contribution in [1.82, 2.24) is 4.98 Å². The fourth-order valence-corrected chi connectivity index (χ4v) is 2.78. The third-order valence-electron chi connectivity index (χ3n) is 4.33. The number of aromatic nitrogens is 1. The SMILES string of the molecule is CC(Oc1ccc(-c2cccc(F)c2)cc1)C(O)CCc1cccnc1. The standard InChI is InChI=1S/C22H22FNO2/c1-16(22(25)12-7-17-4-3-13-24-15-17)26-21-10-8-18(9-11-21)19-5-2-6-20(23)14-19/h2-6,8-11,13-16,22,25H,7,12H2,1H3. The fraction of sp³-hybridized carbons (Fsp3) is 0.227. The minimum atomic E-state index is -0.571. The Morgan fingerprint density at radius 2 is 1.85 bits per heavy atom. The topological polar surface area (TPSA) is 42.4 Å². The van der Waals surface area contributed by atoms with Crippen molar-refractivity contribution < 1.29 is 14.2 Å². The van der Waals surface area contributed by atoms with Gasteiger partial charge in [0.1, 0.15) is 17.7 Å². The minimum absolute atomic E-state index is 0.256. The Morgan fingerprint density at radius 1 is 1.04 bits per heavy atom. The molecule has 0 saturated carbocycles. The van der Waals surface area contributed by atoms with Gasteiger partial charge in [-0.1, -0.05) is 30.3 Å². The van der Waals surface area contributed by atoms with Crippen LogP contribution < -0.4 is 4.74 Å². The number of ether oxygens (including phenoxy) is 1. The molecule has 0 amide bonds. The Labute approximate surface area is 153 Å². The van der Waals surface area contributed by atoms with Crippen LogP contribution >= 0.6 is 0 Å². The highest BCUT2D eigenvalue weighted by Crippen LogP contribution is 2.24. The van der Waals surface area contributed by atoms with Crippen molar-refractivity contribution in [3.05, 3.63) is 84.4 Å². The maximum atomic E-state index is 13.3. The van der Waals surface area contributed by atoms with Gasteiger partial charge in [0.05, 0.1) is 6.10 Å². The molecule has 3 aromatic rings. The zero-order chi connectivity index (χ0) is 18.4. The molecule has 0 aliphatic rings. The molecule has 3 nitrogen and oxygen atoms in total. The first-order valence-corrected chi connectivity index (χ1v) is 8.71. The van der Waals surface area contributed by atoms with E-state index in [9.17, 15) is 9.50 Å². The Kier molecular flexibility index (Phi) is 5.97. The van der Waals surface area contributed by atoms with E-state index < -0.39 is 6.10 Å². The van der Waals surface area contributed by atoms with Crippen LogP contribution in [0.4, 0.5) is 4.39 Å². The number of aliphatic hydroxyl groups excluding tert-OH is 1. The summed E-state index contributed by atoms with van der Waals surface area (Å²) in [6.07, 6.45) is 4.00. The lowest BCUT2D eigenvalue weighted by Gasteiger charge is -2.20. The molecule has 134 valence electrons. The van der Waals surface area contributed by atoms with E-state index in [1.54, 1.807) is 12.3 Å². The molecule has 0 spiro atoms. The summed E-state index contributed by atoms with van der Waals surface area (Å²) in [5.41, 5.74) is 2.83. The summed E-state index contributed by atoms with van der Waals surface area (Å²) in [5, 5.41) is 10.3. The number of hydrogen-bond donors (Lipinski definition) is 1. The highest BCUT2D eigenvalue weighted by Gasteiger charge is 2.16. The minimum Gasteiger partial charge on any atom is -0.488 e. The molecule has 2 aromatic carbocycles. The van der Waals surface area contributed by atoms with E-state index in [0.29, 0.717) is 12.2 Å². The summed E-state index contributed by atoms with van der Waals surface area (Å²) in [5.74, 6) is 0.422. The molecule has 0 saturated heterocycles. The van der Waals surface area contributed by atoms with Gasteiger partial charge in [-0.3, -0.25) is 4.98 Å². The van der Waals surface area contributed by atoms with Crippen LogP contribution in [0.1, 0.15) is 18.9 Å². The fourth-order valence-electron chi connectivity index (χ4n) is 2.78. The van der Waals surface area contributed by atoms with Gasteiger partial charge >= 0.3 is 0 Å². The van der Waals surface area contributed by atoms with Crippen LogP contribution in [0.3, 0.4) is 0 Å². The van der Waals surface area contributed by atoms with E-state index in [1.807, 2.05) is 55.6 Å². The first-order chi connectivity index (χ1) is 12.6. The third-order valence-corrected chi connectivity index (χ3v) is 4.33. The molecule has 3 rings (SSSR count). The van der Waals surface area contributed by atoms with E-state index >= 15 is 0 Å². The monoisotopic (exact) mass is 351 g/mol. The summed E-state index contributed by atoms with van der Waals surface area (Å²) in [6.45, 7) is 1.86. The van der Waals surface area contributed by atoms with Gasteiger partial charge in [0.15, 0.2) is 0 Å². The van der Waals surface area contributed by atoms with E-state index in [1.165, 1.54) is 12.1 Å². The van der Waals surface area contributed by atoms with Crippen LogP contribution in [0.2, 0.25) is 0 Å². The normalized spacial score (nSPS) is 13.2. The van der Waals surface area contributed by atoms with Gasteiger partial charge in [-0.2, -0.15) is 0 Å². The number of halogens is 1. The van der Waals surface area contributed by atoms with Gasteiger partial charge in [0.25, 0.3) is 0 Å². The second-order valence-electron chi connectivity index (χ2n) is 6.32.